The second-order valence-corrected chi connectivity index (χ2v) is 2.68. The van der Waals surface area contributed by atoms with Crippen LogP contribution in [0.4, 0.5) is 0 Å². The van der Waals surface area contributed by atoms with Crippen molar-refractivity contribution >= 4 is 11.8 Å². The number of aromatic amines is 1. The van der Waals surface area contributed by atoms with E-state index in [2.05, 4.69) is 9.72 Å². The van der Waals surface area contributed by atoms with Gasteiger partial charge in [0.05, 0.1) is 18.2 Å². The van der Waals surface area contributed by atoms with Crippen LogP contribution in [0.15, 0.2) is 17.1 Å². The Hall–Kier alpha value is -1.91. The predicted octanol–water partition coefficient (Wildman–Crippen LogP) is 0.364. The second-order valence-electron chi connectivity index (χ2n) is 2.68. The van der Waals surface area contributed by atoms with E-state index in [1.165, 1.54) is 26.3 Å². The highest BCUT2D eigenvalue weighted by Gasteiger charge is 2.11. The summed E-state index contributed by atoms with van der Waals surface area (Å²) in [5, 5.41) is 0. The van der Waals surface area contributed by atoms with Gasteiger partial charge >= 0.3 is 5.97 Å². The topological polar surface area (TPSA) is 76.2 Å². The Labute approximate surface area is 79.7 Å². The van der Waals surface area contributed by atoms with Gasteiger partial charge in [-0.2, -0.15) is 0 Å². The van der Waals surface area contributed by atoms with Gasteiger partial charge in [0, 0.05) is 6.20 Å². The number of hydrogen-bond donors (Lipinski definition) is 1. The van der Waals surface area contributed by atoms with Crippen LogP contribution < -0.4 is 5.56 Å². The summed E-state index contributed by atoms with van der Waals surface area (Å²) in [6.45, 7) is 1.26. The van der Waals surface area contributed by atoms with Crippen LogP contribution in [0.5, 0.6) is 0 Å². The number of pyridine rings is 1. The minimum Gasteiger partial charge on any atom is -0.465 e. The maximum absolute atomic E-state index is 11.1. The molecule has 74 valence electrons. The van der Waals surface area contributed by atoms with Gasteiger partial charge in [-0.05, 0) is 13.0 Å². The van der Waals surface area contributed by atoms with Gasteiger partial charge < -0.3 is 9.72 Å². The fourth-order valence-corrected chi connectivity index (χ4v) is 0.981. The average molecular weight is 195 g/mol. The molecule has 0 aliphatic carbocycles. The Kier molecular flexibility index (Phi) is 2.81. The molecule has 0 unspecified atom stereocenters. The molecular formula is C9H9NO4. The molecule has 0 amide bonds. The first-order valence-corrected chi connectivity index (χ1v) is 3.88. The Morgan fingerprint density at radius 3 is 2.57 bits per heavy atom. The molecular weight excluding hydrogens is 186 g/mol. The van der Waals surface area contributed by atoms with Gasteiger partial charge in [-0.25, -0.2) is 4.79 Å². The molecule has 0 spiro atoms. The molecule has 1 aromatic rings. The van der Waals surface area contributed by atoms with Gasteiger partial charge in [0.2, 0.25) is 0 Å². The number of carbonyl (C=O) groups excluding carboxylic acids is 2. The number of methoxy groups -OCH3 is 1. The molecule has 0 aromatic carbocycles. The molecule has 5 heteroatoms. The Bertz CT molecular complexity index is 433. The van der Waals surface area contributed by atoms with E-state index in [0.717, 1.165) is 0 Å². The molecule has 1 heterocycles. The third kappa shape index (κ3) is 1.87. The lowest BCUT2D eigenvalue weighted by Crippen LogP contribution is -2.17. The van der Waals surface area contributed by atoms with E-state index in [-0.39, 0.29) is 11.1 Å². The van der Waals surface area contributed by atoms with Crippen molar-refractivity contribution in [1.82, 2.24) is 4.98 Å². The molecule has 5 nitrogen and oxygen atoms in total. The zero-order valence-corrected chi connectivity index (χ0v) is 7.79. The summed E-state index contributed by atoms with van der Waals surface area (Å²) in [6, 6.07) is 1.22. The highest BCUT2D eigenvalue weighted by Crippen LogP contribution is 2.00. The maximum atomic E-state index is 11.1. The third-order valence-corrected chi connectivity index (χ3v) is 1.70. The summed E-state index contributed by atoms with van der Waals surface area (Å²) in [7, 11) is 1.22. The first-order valence-electron chi connectivity index (χ1n) is 3.88. The van der Waals surface area contributed by atoms with E-state index in [0.29, 0.717) is 0 Å². The number of H-pyrrole nitrogens is 1. The van der Waals surface area contributed by atoms with Crippen molar-refractivity contribution in [3.05, 3.63) is 33.7 Å². The number of hydrogen-bond acceptors (Lipinski definition) is 4. The monoisotopic (exact) mass is 195 g/mol. The lowest BCUT2D eigenvalue weighted by atomic mass is 10.1. The number of ether oxygens (including phenoxy) is 1. The number of rotatable bonds is 2. The minimum atomic E-state index is -0.594. The van der Waals surface area contributed by atoms with E-state index in [1.54, 1.807) is 0 Å². The van der Waals surface area contributed by atoms with Crippen LogP contribution in [0.25, 0.3) is 0 Å². The molecule has 0 atom stereocenters. The van der Waals surface area contributed by atoms with Crippen LogP contribution >= 0.6 is 0 Å². The van der Waals surface area contributed by atoms with Crippen molar-refractivity contribution in [1.29, 1.82) is 0 Å². The standard InChI is InChI=1S/C9H9NO4/c1-5(11)7-3-6(9(13)14-2)4-10-8(7)12/h3-4H,1-2H3,(H,10,12). The second kappa shape index (κ2) is 3.87. The highest BCUT2D eigenvalue weighted by atomic mass is 16.5. The summed E-state index contributed by atoms with van der Waals surface area (Å²) >= 11 is 0. The van der Waals surface area contributed by atoms with Gasteiger partial charge in [0.25, 0.3) is 5.56 Å². The fourth-order valence-electron chi connectivity index (χ4n) is 0.981. The van der Waals surface area contributed by atoms with E-state index in [9.17, 15) is 14.4 Å². The first-order chi connectivity index (χ1) is 6.56. The van der Waals surface area contributed by atoms with E-state index in [1.807, 2.05) is 0 Å². The quantitative estimate of drug-likeness (QED) is 0.546. The number of Topliss-reactive ketones (excluding diaryl/α,β-unsaturated/α-hetero) is 1. The first kappa shape index (κ1) is 10.2. The van der Waals surface area contributed by atoms with Gasteiger partial charge in [-0.15, -0.1) is 0 Å². The summed E-state index contributed by atoms with van der Waals surface area (Å²) < 4.78 is 4.44. The molecule has 0 bridgehead atoms. The third-order valence-electron chi connectivity index (χ3n) is 1.70. The molecule has 1 N–H and O–H groups in total. The average Bonchev–Trinajstić information content (AvgIpc) is 2.17. The zero-order chi connectivity index (χ0) is 10.7. The van der Waals surface area contributed by atoms with E-state index < -0.39 is 17.3 Å². The Morgan fingerprint density at radius 1 is 1.43 bits per heavy atom. The minimum absolute atomic E-state index is 0.0482. The lowest BCUT2D eigenvalue weighted by Gasteiger charge is -1.99. The van der Waals surface area contributed by atoms with E-state index >= 15 is 0 Å². The zero-order valence-electron chi connectivity index (χ0n) is 7.79. The summed E-state index contributed by atoms with van der Waals surface area (Å²) in [5.74, 6) is -0.985. The van der Waals surface area contributed by atoms with E-state index in [4.69, 9.17) is 0 Å². The summed E-state index contributed by atoms with van der Waals surface area (Å²) in [4.78, 5) is 35.4. The molecule has 1 rings (SSSR count). The van der Waals surface area contributed by atoms with Crippen LogP contribution in [0.1, 0.15) is 27.6 Å². The summed E-state index contributed by atoms with van der Waals surface area (Å²) in [6.07, 6.45) is 1.21. The summed E-state index contributed by atoms with van der Waals surface area (Å²) in [5.41, 5.74) is -0.407. The number of esters is 1. The van der Waals surface area contributed by atoms with Gasteiger partial charge in [-0.1, -0.05) is 0 Å². The fraction of sp³-hybridized carbons (Fsp3) is 0.222. The predicted molar refractivity (Wildman–Crippen MR) is 48.4 cm³/mol. The Morgan fingerprint density at radius 2 is 2.07 bits per heavy atom. The van der Waals surface area contributed by atoms with Gasteiger partial charge in [-0.3, -0.25) is 9.59 Å². The highest BCUT2D eigenvalue weighted by molar-refractivity contribution is 5.97. The van der Waals surface area contributed by atoms with Crippen LogP contribution in [-0.4, -0.2) is 23.8 Å². The van der Waals surface area contributed by atoms with Crippen molar-refractivity contribution in [3.8, 4) is 0 Å². The number of aromatic nitrogens is 1. The van der Waals surface area contributed by atoms with Crippen molar-refractivity contribution in [2.24, 2.45) is 0 Å². The molecule has 0 radical (unpaired) electrons. The normalized spacial score (nSPS) is 9.57. The SMILES string of the molecule is COC(=O)c1c[nH]c(=O)c(C(C)=O)c1. The van der Waals surface area contributed by atoms with Crippen LogP contribution in [0.2, 0.25) is 0 Å². The molecule has 14 heavy (non-hydrogen) atoms. The van der Waals surface area contributed by atoms with Crippen molar-refractivity contribution in [3.63, 3.8) is 0 Å². The van der Waals surface area contributed by atoms with Crippen molar-refractivity contribution < 1.29 is 14.3 Å². The Balaban J connectivity index is 3.26. The maximum Gasteiger partial charge on any atom is 0.339 e. The molecule has 0 fully saturated rings. The largest absolute Gasteiger partial charge is 0.465 e. The van der Waals surface area contributed by atoms with Crippen LogP contribution in [0.3, 0.4) is 0 Å². The molecule has 0 aliphatic rings. The van der Waals surface area contributed by atoms with Crippen LogP contribution in [0, 0.1) is 0 Å². The number of ketones is 1. The molecule has 0 saturated heterocycles. The van der Waals surface area contributed by atoms with Crippen molar-refractivity contribution in [2.45, 2.75) is 6.92 Å². The molecule has 1 aromatic heterocycles. The van der Waals surface area contributed by atoms with Gasteiger partial charge in [0.1, 0.15) is 0 Å². The van der Waals surface area contributed by atoms with Gasteiger partial charge in [0.15, 0.2) is 5.78 Å². The number of carbonyl (C=O) groups is 2. The molecule has 0 aliphatic heterocycles. The molecule has 0 saturated carbocycles. The van der Waals surface area contributed by atoms with Crippen molar-refractivity contribution in [2.75, 3.05) is 7.11 Å². The smallest absolute Gasteiger partial charge is 0.339 e. The number of nitrogens with one attached hydrogen (secondary N) is 1. The van der Waals surface area contributed by atoms with Crippen LogP contribution in [-0.2, 0) is 4.74 Å². The lowest BCUT2D eigenvalue weighted by molar-refractivity contribution is 0.0600.